The van der Waals surface area contributed by atoms with Crippen molar-refractivity contribution >= 4 is 11.7 Å². The van der Waals surface area contributed by atoms with Crippen LogP contribution in [-0.4, -0.2) is 24.2 Å². The predicted molar refractivity (Wildman–Crippen MR) is 80.3 cm³/mol. The average molecular weight is 273 g/mol. The summed E-state index contributed by atoms with van der Waals surface area (Å²) in [4.78, 5) is 14.2. The summed E-state index contributed by atoms with van der Waals surface area (Å²) in [5.41, 5.74) is 3.33. The number of carbonyl (C=O) groups is 1. The molecule has 1 aromatic carbocycles. The first-order valence-electron chi connectivity index (χ1n) is 7.66. The second-order valence-corrected chi connectivity index (χ2v) is 6.36. The molecule has 3 atom stereocenters. The lowest BCUT2D eigenvalue weighted by Gasteiger charge is -2.44. The van der Waals surface area contributed by atoms with Crippen molar-refractivity contribution in [3.8, 4) is 0 Å². The van der Waals surface area contributed by atoms with Crippen LogP contribution in [0.2, 0.25) is 0 Å². The first kappa shape index (κ1) is 13.5. The number of aryl methyl sites for hydroxylation is 1. The number of carboxylic acid groups (broad SMARTS) is 1. The fourth-order valence-electron chi connectivity index (χ4n) is 4.13. The van der Waals surface area contributed by atoms with Gasteiger partial charge in [0.1, 0.15) is 0 Å². The van der Waals surface area contributed by atoms with E-state index in [1.807, 2.05) is 12.1 Å². The maximum Gasteiger partial charge on any atom is 0.311 e. The topological polar surface area (TPSA) is 40.5 Å². The number of hydrogen-bond acceptors (Lipinski definition) is 2. The molecule has 0 spiro atoms. The summed E-state index contributed by atoms with van der Waals surface area (Å²) < 4.78 is 0. The fraction of sp³-hybridized carbons (Fsp3) is 0.588. The van der Waals surface area contributed by atoms with Crippen molar-refractivity contribution in [2.75, 3.05) is 11.9 Å². The van der Waals surface area contributed by atoms with Crippen molar-refractivity contribution < 1.29 is 9.90 Å². The van der Waals surface area contributed by atoms with Gasteiger partial charge >= 0.3 is 5.97 Å². The average Bonchev–Trinajstić information content (AvgIpc) is 2.65. The molecule has 108 valence electrons. The smallest absolute Gasteiger partial charge is 0.311 e. The summed E-state index contributed by atoms with van der Waals surface area (Å²) in [6, 6.07) is 6.60. The van der Waals surface area contributed by atoms with Crippen LogP contribution < -0.4 is 4.90 Å². The van der Waals surface area contributed by atoms with Crippen LogP contribution in [-0.2, 0) is 4.79 Å². The fourth-order valence-corrected chi connectivity index (χ4v) is 4.13. The number of aliphatic carboxylic acids is 1. The van der Waals surface area contributed by atoms with E-state index in [0.717, 1.165) is 24.1 Å². The molecular weight excluding hydrogens is 250 g/mol. The largest absolute Gasteiger partial charge is 0.481 e. The van der Waals surface area contributed by atoms with Crippen LogP contribution in [0.15, 0.2) is 18.2 Å². The molecule has 2 aliphatic rings. The van der Waals surface area contributed by atoms with Crippen LogP contribution in [0.5, 0.6) is 0 Å². The minimum atomic E-state index is -0.653. The molecule has 1 saturated carbocycles. The van der Waals surface area contributed by atoms with E-state index in [1.165, 1.54) is 24.8 Å². The quantitative estimate of drug-likeness (QED) is 0.850. The molecule has 3 heteroatoms. The molecule has 0 saturated heterocycles. The third kappa shape index (κ3) is 2.09. The molecule has 3 unspecified atom stereocenters. The lowest BCUT2D eigenvalue weighted by Crippen LogP contribution is -2.46. The van der Waals surface area contributed by atoms with Gasteiger partial charge in [0, 0.05) is 18.8 Å². The number of fused-ring (bicyclic) bond motifs is 2. The summed E-state index contributed by atoms with van der Waals surface area (Å²) in [5.74, 6) is -0.722. The van der Waals surface area contributed by atoms with E-state index in [0.29, 0.717) is 6.04 Å². The highest BCUT2D eigenvalue weighted by Crippen LogP contribution is 2.46. The molecule has 3 nitrogen and oxygen atoms in total. The lowest BCUT2D eigenvalue weighted by molar-refractivity contribution is -0.140. The Balaban J connectivity index is 2.12. The Morgan fingerprint density at radius 3 is 2.75 bits per heavy atom. The molecule has 1 aliphatic heterocycles. The maximum atomic E-state index is 11.9. The summed E-state index contributed by atoms with van der Waals surface area (Å²) in [6.45, 7) is 2.07. The number of hydrogen-bond donors (Lipinski definition) is 1. The van der Waals surface area contributed by atoms with E-state index >= 15 is 0 Å². The van der Waals surface area contributed by atoms with Gasteiger partial charge < -0.3 is 10.0 Å². The van der Waals surface area contributed by atoms with E-state index in [4.69, 9.17) is 0 Å². The molecule has 1 heterocycles. The Morgan fingerprint density at radius 2 is 2.00 bits per heavy atom. The molecule has 0 bridgehead atoms. The van der Waals surface area contributed by atoms with Gasteiger partial charge in [-0.25, -0.2) is 0 Å². The van der Waals surface area contributed by atoms with Gasteiger partial charge in [-0.3, -0.25) is 4.79 Å². The highest BCUT2D eigenvalue weighted by atomic mass is 16.4. The molecule has 0 radical (unpaired) electrons. The molecule has 0 amide bonds. The van der Waals surface area contributed by atoms with Gasteiger partial charge in [0.05, 0.1) is 5.92 Å². The van der Waals surface area contributed by atoms with E-state index in [9.17, 15) is 9.90 Å². The van der Waals surface area contributed by atoms with Crippen LogP contribution in [0, 0.1) is 12.8 Å². The molecular formula is C17H23NO2. The predicted octanol–water partition coefficient (Wildman–Crippen LogP) is 3.56. The second kappa shape index (κ2) is 5.12. The number of carboxylic acids is 1. The van der Waals surface area contributed by atoms with Crippen molar-refractivity contribution in [3.05, 3.63) is 29.3 Å². The zero-order valence-electron chi connectivity index (χ0n) is 12.3. The minimum absolute atomic E-state index is 0.259. The standard InChI is InChI=1S/C17H23NO2/c1-11-8-9-13-15(10-11)18(2)14-7-5-3-4-6-12(14)16(13)17(19)20/h8-10,12,14,16H,3-7H2,1-2H3,(H,19,20). The van der Waals surface area contributed by atoms with Crippen LogP contribution in [0.1, 0.15) is 49.1 Å². The van der Waals surface area contributed by atoms with Crippen LogP contribution in [0.25, 0.3) is 0 Å². The number of nitrogens with zero attached hydrogens (tertiary/aromatic N) is 1. The Morgan fingerprint density at radius 1 is 1.25 bits per heavy atom. The summed E-state index contributed by atoms with van der Waals surface area (Å²) in [5, 5.41) is 9.75. The van der Waals surface area contributed by atoms with E-state index < -0.39 is 5.97 Å². The Kier molecular flexibility index (Phi) is 3.45. The van der Waals surface area contributed by atoms with E-state index in [1.54, 1.807) is 0 Å². The normalized spacial score (nSPS) is 29.3. The zero-order valence-corrected chi connectivity index (χ0v) is 12.3. The Hall–Kier alpha value is -1.51. The van der Waals surface area contributed by atoms with Crippen molar-refractivity contribution in [3.63, 3.8) is 0 Å². The third-order valence-electron chi connectivity index (χ3n) is 5.12. The van der Waals surface area contributed by atoms with Gasteiger partial charge in [-0.15, -0.1) is 0 Å². The van der Waals surface area contributed by atoms with Gasteiger partial charge in [0.25, 0.3) is 0 Å². The third-order valence-corrected chi connectivity index (χ3v) is 5.12. The molecule has 1 aliphatic carbocycles. The first-order chi connectivity index (χ1) is 9.59. The summed E-state index contributed by atoms with van der Waals surface area (Å²) in [6.07, 6.45) is 5.79. The van der Waals surface area contributed by atoms with Crippen LogP contribution >= 0.6 is 0 Å². The van der Waals surface area contributed by atoms with Gasteiger partial charge in [-0.05, 0) is 42.9 Å². The first-order valence-corrected chi connectivity index (χ1v) is 7.66. The van der Waals surface area contributed by atoms with Gasteiger partial charge in [0.2, 0.25) is 0 Å². The second-order valence-electron chi connectivity index (χ2n) is 6.36. The molecule has 1 fully saturated rings. The van der Waals surface area contributed by atoms with E-state index in [2.05, 4.69) is 24.9 Å². The monoisotopic (exact) mass is 273 g/mol. The molecule has 3 rings (SSSR count). The van der Waals surface area contributed by atoms with E-state index in [-0.39, 0.29) is 11.8 Å². The number of anilines is 1. The number of benzene rings is 1. The SMILES string of the molecule is Cc1ccc2c(c1)N(C)C1CCCCCC1C2C(=O)O. The Labute approximate surface area is 120 Å². The van der Waals surface area contributed by atoms with Gasteiger partial charge in [-0.1, -0.05) is 31.4 Å². The van der Waals surface area contributed by atoms with Crippen LogP contribution in [0.4, 0.5) is 5.69 Å². The molecule has 20 heavy (non-hydrogen) atoms. The summed E-state index contributed by atoms with van der Waals surface area (Å²) in [7, 11) is 2.14. The molecule has 0 aromatic heterocycles. The highest BCUT2D eigenvalue weighted by molar-refractivity contribution is 5.81. The summed E-state index contributed by atoms with van der Waals surface area (Å²) >= 11 is 0. The minimum Gasteiger partial charge on any atom is -0.481 e. The number of rotatable bonds is 1. The lowest BCUT2D eigenvalue weighted by atomic mass is 9.74. The maximum absolute atomic E-state index is 11.9. The zero-order chi connectivity index (χ0) is 14.3. The van der Waals surface area contributed by atoms with Gasteiger partial charge in [0.15, 0.2) is 0 Å². The van der Waals surface area contributed by atoms with Gasteiger partial charge in [-0.2, -0.15) is 0 Å². The molecule has 1 N–H and O–H groups in total. The van der Waals surface area contributed by atoms with Crippen molar-refractivity contribution in [1.29, 1.82) is 0 Å². The highest BCUT2D eigenvalue weighted by Gasteiger charge is 2.43. The van der Waals surface area contributed by atoms with Crippen LogP contribution in [0.3, 0.4) is 0 Å². The van der Waals surface area contributed by atoms with Crippen molar-refractivity contribution in [1.82, 2.24) is 0 Å². The molecule has 1 aromatic rings. The van der Waals surface area contributed by atoms with Crippen molar-refractivity contribution in [2.45, 2.75) is 51.0 Å². The van der Waals surface area contributed by atoms with Crippen molar-refractivity contribution in [2.24, 2.45) is 5.92 Å². The Bertz CT molecular complexity index is 526.